The van der Waals surface area contributed by atoms with E-state index in [9.17, 15) is 13.2 Å². The Morgan fingerprint density at radius 2 is 1.94 bits per heavy atom. The first-order chi connectivity index (χ1) is 7.93. The van der Waals surface area contributed by atoms with E-state index in [4.69, 9.17) is 0 Å². The van der Waals surface area contributed by atoms with Crippen LogP contribution in [0.3, 0.4) is 0 Å². The van der Waals surface area contributed by atoms with Crippen LogP contribution in [0, 0.1) is 5.41 Å². The molecule has 1 unspecified atom stereocenters. The van der Waals surface area contributed by atoms with Crippen molar-refractivity contribution in [1.29, 1.82) is 0 Å². The number of nitrogens with one attached hydrogen (secondary N) is 2. The third kappa shape index (κ3) is 2.60. The summed E-state index contributed by atoms with van der Waals surface area (Å²) in [5.41, 5.74) is -1.52. The predicted octanol–water partition coefficient (Wildman–Crippen LogP) is 2.45. The van der Waals surface area contributed by atoms with Crippen molar-refractivity contribution in [2.75, 3.05) is 19.6 Å². The van der Waals surface area contributed by atoms with Crippen molar-refractivity contribution >= 4 is 0 Å². The van der Waals surface area contributed by atoms with E-state index < -0.39 is 11.7 Å². The second-order valence-electron chi connectivity index (χ2n) is 5.61. The van der Waals surface area contributed by atoms with Crippen molar-refractivity contribution in [3.05, 3.63) is 0 Å². The molecule has 0 aromatic carbocycles. The third-order valence-corrected chi connectivity index (χ3v) is 4.21. The fraction of sp³-hybridized carbons (Fsp3) is 1.00. The first kappa shape index (κ1) is 13.1. The van der Waals surface area contributed by atoms with Gasteiger partial charge in [0.25, 0.3) is 0 Å². The van der Waals surface area contributed by atoms with E-state index >= 15 is 0 Å². The molecule has 0 aromatic heterocycles. The second kappa shape index (κ2) is 4.43. The molecular weight excluding hydrogens is 229 g/mol. The molecule has 0 amide bonds. The molecule has 2 nitrogen and oxygen atoms in total. The van der Waals surface area contributed by atoms with Crippen LogP contribution in [0.1, 0.15) is 39.0 Å². The average molecular weight is 250 g/mol. The molecule has 0 bridgehead atoms. The number of halogens is 3. The van der Waals surface area contributed by atoms with Gasteiger partial charge in [0.15, 0.2) is 0 Å². The molecule has 17 heavy (non-hydrogen) atoms. The van der Waals surface area contributed by atoms with Crippen LogP contribution in [0.15, 0.2) is 0 Å². The minimum absolute atomic E-state index is 0.0373. The van der Waals surface area contributed by atoms with Gasteiger partial charge in [-0.05, 0) is 37.6 Å². The Hall–Kier alpha value is -0.290. The van der Waals surface area contributed by atoms with Crippen molar-refractivity contribution in [1.82, 2.24) is 10.6 Å². The van der Waals surface area contributed by atoms with Crippen LogP contribution in [-0.4, -0.2) is 31.3 Å². The lowest BCUT2D eigenvalue weighted by Crippen LogP contribution is -2.49. The molecular formula is C12H21F3N2. The summed E-state index contributed by atoms with van der Waals surface area (Å²) >= 11 is 0. The van der Waals surface area contributed by atoms with Crippen molar-refractivity contribution in [3.63, 3.8) is 0 Å². The zero-order valence-electron chi connectivity index (χ0n) is 10.3. The van der Waals surface area contributed by atoms with Gasteiger partial charge in [0, 0.05) is 13.1 Å². The molecule has 5 heteroatoms. The van der Waals surface area contributed by atoms with Gasteiger partial charge < -0.3 is 10.6 Å². The lowest BCUT2D eigenvalue weighted by atomic mass is 9.82. The van der Waals surface area contributed by atoms with Gasteiger partial charge in [0.1, 0.15) is 5.54 Å². The maximum atomic E-state index is 12.8. The number of alkyl halides is 3. The number of hydrogen-bond donors (Lipinski definition) is 2. The SMILES string of the molecule is CCCC1(CNC2(C(F)(F)F)CC2)CCNC1. The number of rotatable bonds is 5. The smallest absolute Gasteiger partial charge is 0.316 e. The van der Waals surface area contributed by atoms with E-state index in [2.05, 4.69) is 17.6 Å². The highest BCUT2D eigenvalue weighted by molar-refractivity contribution is 5.09. The van der Waals surface area contributed by atoms with Gasteiger partial charge in [-0.2, -0.15) is 13.2 Å². The summed E-state index contributed by atoms with van der Waals surface area (Å²) in [6.07, 6.45) is -0.588. The van der Waals surface area contributed by atoms with Crippen LogP contribution < -0.4 is 10.6 Å². The maximum Gasteiger partial charge on any atom is 0.406 e. The van der Waals surface area contributed by atoms with Crippen LogP contribution in [0.5, 0.6) is 0 Å². The number of hydrogen-bond acceptors (Lipinski definition) is 2. The lowest BCUT2D eigenvalue weighted by Gasteiger charge is -2.31. The van der Waals surface area contributed by atoms with Crippen molar-refractivity contribution < 1.29 is 13.2 Å². The normalized spacial score (nSPS) is 31.8. The monoisotopic (exact) mass is 250 g/mol. The first-order valence-corrected chi connectivity index (χ1v) is 6.46. The Morgan fingerprint density at radius 3 is 2.35 bits per heavy atom. The third-order valence-electron chi connectivity index (χ3n) is 4.21. The molecule has 2 rings (SSSR count). The largest absolute Gasteiger partial charge is 0.406 e. The van der Waals surface area contributed by atoms with Gasteiger partial charge in [0.05, 0.1) is 0 Å². The van der Waals surface area contributed by atoms with E-state index in [0.717, 1.165) is 32.4 Å². The van der Waals surface area contributed by atoms with Gasteiger partial charge in [0.2, 0.25) is 0 Å². The molecule has 2 aliphatic rings. The van der Waals surface area contributed by atoms with Crippen molar-refractivity contribution in [2.24, 2.45) is 5.41 Å². The summed E-state index contributed by atoms with van der Waals surface area (Å²) in [7, 11) is 0. The van der Waals surface area contributed by atoms with Gasteiger partial charge in [-0.25, -0.2) is 0 Å². The van der Waals surface area contributed by atoms with Crippen LogP contribution >= 0.6 is 0 Å². The molecule has 0 spiro atoms. The Bertz CT molecular complexity index is 265. The minimum Gasteiger partial charge on any atom is -0.316 e. The fourth-order valence-electron chi connectivity index (χ4n) is 2.82. The predicted molar refractivity (Wildman–Crippen MR) is 60.9 cm³/mol. The zero-order chi connectivity index (χ0) is 12.6. The lowest BCUT2D eigenvalue weighted by molar-refractivity contribution is -0.167. The van der Waals surface area contributed by atoms with E-state index in [1.165, 1.54) is 0 Å². The molecule has 1 aliphatic heterocycles. The van der Waals surface area contributed by atoms with Crippen LogP contribution in [0.4, 0.5) is 13.2 Å². The first-order valence-electron chi connectivity index (χ1n) is 6.46. The Kier molecular flexibility index (Phi) is 3.42. The minimum atomic E-state index is -4.09. The highest BCUT2D eigenvalue weighted by atomic mass is 19.4. The van der Waals surface area contributed by atoms with Gasteiger partial charge in [-0.1, -0.05) is 13.3 Å². The Balaban J connectivity index is 1.92. The summed E-state index contributed by atoms with van der Waals surface area (Å²) < 4.78 is 38.4. The van der Waals surface area contributed by atoms with Crippen LogP contribution in [0.2, 0.25) is 0 Å². The summed E-state index contributed by atoms with van der Waals surface area (Å²) in [6.45, 7) is 4.37. The van der Waals surface area contributed by atoms with Gasteiger partial charge >= 0.3 is 6.18 Å². The van der Waals surface area contributed by atoms with E-state index in [1.54, 1.807) is 0 Å². The average Bonchev–Trinajstić information content (AvgIpc) is 2.92. The fourth-order valence-corrected chi connectivity index (χ4v) is 2.82. The molecule has 1 saturated heterocycles. The molecule has 1 aliphatic carbocycles. The van der Waals surface area contributed by atoms with E-state index in [0.29, 0.717) is 6.54 Å². The zero-order valence-corrected chi connectivity index (χ0v) is 10.3. The molecule has 0 aromatic rings. The second-order valence-corrected chi connectivity index (χ2v) is 5.61. The Morgan fingerprint density at radius 1 is 1.24 bits per heavy atom. The highest BCUT2D eigenvalue weighted by Crippen LogP contribution is 2.49. The summed E-state index contributed by atoms with van der Waals surface area (Å²) in [5, 5.41) is 6.08. The molecule has 2 N–H and O–H groups in total. The quantitative estimate of drug-likeness (QED) is 0.783. The summed E-state index contributed by atoms with van der Waals surface area (Å²) in [4.78, 5) is 0. The molecule has 100 valence electrons. The molecule has 1 heterocycles. The molecule has 1 saturated carbocycles. The van der Waals surface area contributed by atoms with Crippen molar-refractivity contribution in [3.8, 4) is 0 Å². The van der Waals surface area contributed by atoms with Crippen molar-refractivity contribution in [2.45, 2.75) is 50.7 Å². The maximum absolute atomic E-state index is 12.8. The van der Waals surface area contributed by atoms with Crippen LogP contribution in [0.25, 0.3) is 0 Å². The highest BCUT2D eigenvalue weighted by Gasteiger charge is 2.63. The van der Waals surface area contributed by atoms with E-state index in [-0.39, 0.29) is 18.3 Å². The summed E-state index contributed by atoms with van der Waals surface area (Å²) in [6, 6.07) is 0. The van der Waals surface area contributed by atoms with Gasteiger partial charge in [-0.3, -0.25) is 0 Å². The topological polar surface area (TPSA) is 24.1 Å². The Labute approximate surface area is 100 Å². The summed E-state index contributed by atoms with van der Waals surface area (Å²) in [5.74, 6) is 0. The van der Waals surface area contributed by atoms with Gasteiger partial charge in [-0.15, -0.1) is 0 Å². The van der Waals surface area contributed by atoms with E-state index in [1.807, 2.05) is 0 Å². The molecule has 0 radical (unpaired) electrons. The molecule has 2 fully saturated rings. The standard InChI is InChI=1S/C12H21F3N2/c1-2-3-10(6-7-16-8-10)9-17-11(4-5-11)12(13,14)15/h16-17H,2-9H2,1H3. The molecule has 1 atom stereocenters. The van der Waals surface area contributed by atoms with Crippen LogP contribution in [-0.2, 0) is 0 Å².